The molecule has 1 aromatic heterocycles. The average Bonchev–Trinajstić information content (AvgIpc) is 2.53. The summed E-state index contributed by atoms with van der Waals surface area (Å²) in [6.45, 7) is 10.4. The Morgan fingerprint density at radius 2 is 2.05 bits per heavy atom. The van der Waals surface area contributed by atoms with E-state index in [4.69, 9.17) is 0 Å². The monoisotopic (exact) mass is 275 g/mol. The number of rotatable bonds is 6. The van der Waals surface area contributed by atoms with Gasteiger partial charge in [-0.15, -0.1) is 0 Å². The van der Waals surface area contributed by atoms with E-state index in [0.29, 0.717) is 6.04 Å². The minimum Gasteiger partial charge on any atom is -0.309 e. The summed E-state index contributed by atoms with van der Waals surface area (Å²) in [6.07, 6.45) is 9.08. The van der Waals surface area contributed by atoms with E-state index in [-0.39, 0.29) is 5.54 Å². The molecular weight excluding hydrogens is 246 g/mol. The number of nitrogens with one attached hydrogen (secondary N) is 1. The van der Waals surface area contributed by atoms with Gasteiger partial charge >= 0.3 is 0 Å². The van der Waals surface area contributed by atoms with E-state index in [9.17, 15) is 0 Å². The highest BCUT2D eigenvalue weighted by molar-refractivity contribution is 5.19. The topological polar surface area (TPSA) is 28.2 Å². The van der Waals surface area contributed by atoms with Crippen LogP contribution in [0.1, 0.15) is 58.1 Å². The van der Waals surface area contributed by atoms with Gasteiger partial charge < -0.3 is 5.32 Å². The zero-order valence-corrected chi connectivity index (χ0v) is 13.2. The summed E-state index contributed by atoms with van der Waals surface area (Å²) in [7, 11) is 0. The zero-order chi connectivity index (χ0) is 14.4. The first kappa shape index (κ1) is 15.5. The molecule has 1 aliphatic rings. The van der Waals surface area contributed by atoms with Crippen molar-refractivity contribution in [2.75, 3.05) is 19.6 Å². The van der Waals surface area contributed by atoms with Crippen LogP contribution in [0, 0.1) is 0 Å². The molecule has 1 N–H and O–H groups in total. The molecule has 2 atom stereocenters. The molecule has 112 valence electrons. The van der Waals surface area contributed by atoms with Crippen molar-refractivity contribution in [3.63, 3.8) is 0 Å². The Hall–Kier alpha value is -0.930. The van der Waals surface area contributed by atoms with E-state index >= 15 is 0 Å². The molecule has 2 rings (SSSR count). The number of pyridine rings is 1. The molecule has 0 radical (unpaired) electrons. The predicted molar refractivity (Wildman–Crippen MR) is 84.8 cm³/mol. The van der Waals surface area contributed by atoms with E-state index < -0.39 is 0 Å². The average molecular weight is 275 g/mol. The predicted octanol–water partition coefficient (Wildman–Crippen LogP) is 3.39. The zero-order valence-electron chi connectivity index (χ0n) is 13.2. The quantitative estimate of drug-likeness (QED) is 0.862. The molecule has 1 fully saturated rings. The van der Waals surface area contributed by atoms with Crippen molar-refractivity contribution >= 4 is 0 Å². The van der Waals surface area contributed by atoms with Crippen LogP contribution in [0.3, 0.4) is 0 Å². The summed E-state index contributed by atoms with van der Waals surface area (Å²) in [5, 5.41) is 3.71. The van der Waals surface area contributed by atoms with Gasteiger partial charge in [0.2, 0.25) is 0 Å². The van der Waals surface area contributed by atoms with E-state index in [1.54, 1.807) is 0 Å². The van der Waals surface area contributed by atoms with Crippen LogP contribution in [0.5, 0.6) is 0 Å². The number of likely N-dealkylation sites (N-methyl/N-ethyl adjacent to an activating group) is 1. The molecule has 0 amide bonds. The minimum absolute atomic E-state index is 0.166. The van der Waals surface area contributed by atoms with Crippen LogP contribution in [0.2, 0.25) is 0 Å². The van der Waals surface area contributed by atoms with Crippen LogP contribution in [0.4, 0.5) is 0 Å². The normalized spacial score (nSPS) is 21.4. The first-order valence-corrected chi connectivity index (χ1v) is 8.10. The van der Waals surface area contributed by atoms with Gasteiger partial charge in [0.15, 0.2) is 0 Å². The first-order chi connectivity index (χ1) is 9.72. The standard InChI is InChI=1S/C17H29N3/c1-4-17(3,20-12-7-6-8-13-20)16(19-5-2)15-10-9-11-18-14-15/h9-11,14,16,19H,4-8,12-13H2,1-3H3. The molecule has 2 heterocycles. The maximum atomic E-state index is 4.32. The Kier molecular flexibility index (Phi) is 5.55. The number of hydrogen-bond acceptors (Lipinski definition) is 3. The molecule has 0 aliphatic carbocycles. The molecule has 0 aromatic carbocycles. The van der Waals surface area contributed by atoms with Gasteiger partial charge in [0.1, 0.15) is 0 Å². The summed E-state index contributed by atoms with van der Waals surface area (Å²) in [5.74, 6) is 0. The maximum Gasteiger partial charge on any atom is 0.0519 e. The summed E-state index contributed by atoms with van der Waals surface area (Å²) < 4.78 is 0. The summed E-state index contributed by atoms with van der Waals surface area (Å²) in [4.78, 5) is 7.01. The molecule has 0 bridgehead atoms. The third-order valence-corrected chi connectivity index (χ3v) is 4.84. The van der Waals surface area contributed by atoms with Crippen molar-refractivity contribution in [3.8, 4) is 0 Å². The summed E-state index contributed by atoms with van der Waals surface area (Å²) >= 11 is 0. The maximum absolute atomic E-state index is 4.32. The Bertz CT molecular complexity index is 386. The first-order valence-electron chi connectivity index (χ1n) is 8.10. The van der Waals surface area contributed by atoms with Gasteiger partial charge in [-0.3, -0.25) is 9.88 Å². The number of nitrogens with zero attached hydrogens (tertiary/aromatic N) is 2. The lowest BCUT2D eigenvalue weighted by molar-refractivity contribution is 0.0428. The van der Waals surface area contributed by atoms with Crippen LogP contribution in [-0.2, 0) is 0 Å². The van der Waals surface area contributed by atoms with E-state index in [0.717, 1.165) is 13.0 Å². The van der Waals surface area contributed by atoms with Gasteiger partial charge in [0.25, 0.3) is 0 Å². The lowest BCUT2D eigenvalue weighted by atomic mass is 9.82. The fourth-order valence-electron chi connectivity index (χ4n) is 3.46. The second-order valence-electron chi connectivity index (χ2n) is 6.04. The molecule has 2 unspecified atom stereocenters. The van der Waals surface area contributed by atoms with E-state index in [2.05, 4.69) is 42.0 Å². The third kappa shape index (κ3) is 3.21. The van der Waals surface area contributed by atoms with Gasteiger partial charge in [0, 0.05) is 17.9 Å². The fraction of sp³-hybridized carbons (Fsp3) is 0.706. The van der Waals surface area contributed by atoms with Crippen LogP contribution in [-0.4, -0.2) is 35.1 Å². The van der Waals surface area contributed by atoms with E-state index in [1.807, 2.05) is 18.5 Å². The van der Waals surface area contributed by atoms with Crippen molar-refractivity contribution in [1.29, 1.82) is 0 Å². The van der Waals surface area contributed by atoms with Gasteiger partial charge in [0.05, 0.1) is 6.04 Å². The summed E-state index contributed by atoms with van der Waals surface area (Å²) in [5.41, 5.74) is 1.48. The molecule has 1 aromatic rings. The second-order valence-corrected chi connectivity index (χ2v) is 6.04. The van der Waals surface area contributed by atoms with Crippen molar-refractivity contribution in [1.82, 2.24) is 15.2 Å². The molecular formula is C17H29N3. The number of hydrogen-bond donors (Lipinski definition) is 1. The van der Waals surface area contributed by atoms with Gasteiger partial charge in [-0.1, -0.05) is 26.3 Å². The molecule has 1 saturated heterocycles. The Balaban J connectivity index is 2.28. The minimum atomic E-state index is 0.166. The number of aromatic nitrogens is 1. The highest BCUT2D eigenvalue weighted by Gasteiger charge is 2.39. The molecule has 20 heavy (non-hydrogen) atoms. The SMILES string of the molecule is CCNC(c1cccnc1)C(C)(CC)N1CCCCC1. The van der Waals surface area contributed by atoms with Crippen LogP contribution < -0.4 is 5.32 Å². The number of piperidine rings is 1. The Labute approximate surface area is 123 Å². The van der Waals surface area contributed by atoms with Crippen LogP contribution in [0.25, 0.3) is 0 Å². The smallest absolute Gasteiger partial charge is 0.0519 e. The fourth-order valence-corrected chi connectivity index (χ4v) is 3.46. The van der Waals surface area contributed by atoms with E-state index in [1.165, 1.54) is 37.9 Å². The van der Waals surface area contributed by atoms with Crippen molar-refractivity contribution in [2.45, 2.75) is 58.0 Å². The van der Waals surface area contributed by atoms with Crippen LogP contribution in [0.15, 0.2) is 24.5 Å². The lowest BCUT2D eigenvalue weighted by Gasteiger charge is -2.48. The highest BCUT2D eigenvalue weighted by atomic mass is 15.2. The molecule has 3 heteroatoms. The van der Waals surface area contributed by atoms with Gasteiger partial charge in [-0.05, 0) is 57.5 Å². The third-order valence-electron chi connectivity index (χ3n) is 4.84. The van der Waals surface area contributed by atoms with Gasteiger partial charge in [-0.2, -0.15) is 0 Å². The second kappa shape index (κ2) is 7.19. The molecule has 0 saturated carbocycles. The molecule has 3 nitrogen and oxygen atoms in total. The molecule has 0 spiro atoms. The lowest BCUT2D eigenvalue weighted by Crippen LogP contribution is -2.56. The largest absolute Gasteiger partial charge is 0.309 e. The Morgan fingerprint density at radius 3 is 2.60 bits per heavy atom. The van der Waals surface area contributed by atoms with Gasteiger partial charge in [-0.25, -0.2) is 0 Å². The molecule has 1 aliphatic heterocycles. The van der Waals surface area contributed by atoms with Crippen molar-refractivity contribution in [2.24, 2.45) is 0 Å². The Morgan fingerprint density at radius 1 is 1.30 bits per heavy atom. The summed E-state index contributed by atoms with van der Waals surface area (Å²) in [6, 6.07) is 4.61. The van der Waals surface area contributed by atoms with Crippen molar-refractivity contribution < 1.29 is 0 Å². The number of likely N-dealkylation sites (tertiary alicyclic amines) is 1. The van der Waals surface area contributed by atoms with Crippen LogP contribution >= 0.6 is 0 Å². The highest BCUT2D eigenvalue weighted by Crippen LogP contribution is 2.35. The van der Waals surface area contributed by atoms with Crippen molar-refractivity contribution in [3.05, 3.63) is 30.1 Å².